The van der Waals surface area contributed by atoms with Gasteiger partial charge in [-0.3, -0.25) is 9.69 Å². The summed E-state index contributed by atoms with van der Waals surface area (Å²) in [6.45, 7) is 2.64. The summed E-state index contributed by atoms with van der Waals surface area (Å²) in [7, 11) is 0. The zero-order valence-corrected chi connectivity index (χ0v) is 15.4. The second kappa shape index (κ2) is 7.95. The lowest BCUT2D eigenvalue weighted by atomic mass is 10.2. The monoisotopic (exact) mass is 403 g/mol. The second-order valence-corrected chi connectivity index (χ2v) is 6.99. The van der Waals surface area contributed by atoms with Gasteiger partial charge in [-0.2, -0.15) is 13.2 Å². The molecule has 1 atom stereocenters. The molecule has 0 spiro atoms. The van der Waals surface area contributed by atoms with E-state index in [0.717, 1.165) is 4.90 Å². The van der Waals surface area contributed by atoms with Crippen molar-refractivity contribution in [3.05, 3.63) is 24.3 Å². The number of alkyl halides is 3. The van der Waals surface area contributed by atoms with Gasteiger partial charge in [-0.05, 0) is 32.9 Å². The van der Waals surface area contributed by atoms with Crippen molar-refractivity contribution in [1.82, 2.24) is 5.32 Å². The molecule has 1 aromatic rings. The molecule has 8 nitrogen and oxygen atoms in total. The molecule has 3 amide bonds. The molecule has 0 aliphatic carbocycles. The number of alkyl carbamates (subject to hydrolysis) is 1. The van der Waals surface area contributed by atoms with Gasteiger partial charge in [0.15, 0.2) is 6.61 Å². The van der Waals surface area contributed by atoms with Crippen LogP contribution in [0, 0.1) is 0 Å². The summed E-state index contributed by atoms with van der Waals surface area (Å²) in [5, 5.41) is 4.83. The first-order valence-corrected chi connectivity index (χ1v) is 8.26. The second-order valence-electron chi connectivity index (χ2n) is 6.99. The van der Waals surface area contributed by atoms with Crippen LogP contribution in [0.1, 0.15) is 20.8 Å². The molecule has 2 rings (SSSR count). The number of carbonyl (C=O) groups is 3. The number of para-hydroxylation sites is 2. The summed E-state index contributed by atoms with van der Waals surface area (Å²) in [5.74, 6) is -0.663. The minimum absolute atomic E-state index is 0.136. The maximum absolute atomic E-state index is 12.4. The number of nitrogens with one attached hydrogen (secondary N) is 2. The first-order valence-electron chi connectivity index (χ1n) is 8.26. The third-order valence-electron chi connectivity index (χ3n) is 3.41. The molecule has 11 heteroatoms. The van der Waals surface area contributed by atoms with Crippen molar-refractivity contribution in [2.24, 2.45) is 0 Å². The van der Waals surface area contributed by atoms with Crippen molar-refractivity contribution in [2.75, 3.05) is 23.4 Å². The molecule has 0 saturated carbocycles. The normalized spacial score (nSPS) is 17.1. The fraction of sp³-hybridized carbons (Fsp3) is 0.471. The number of carbonyl (C=O) groups excluding carboxylic acids is 3. The number of halogens is 3. The van der Waals surface area contributed by atoms with Crippen molar-refractivity contribution in [1.29, 1.82) is 0 Å². The van der Waals surface area contributed by atoms with E-state index in [1.807, 2.05) is 0 Å². The Bertz CT molecular complexity index is 761. The summed E-state index contributed by atoms with van der Waals surface area (Å²) in [6, 6.07) is 4.73. The van der Waals surface area contributed by atoms with Crippen LogP contribution in [0.3, 0.4) is 0 Å². The summed E-state index contributed by atoms with van der Waals surface area (Å²) in [5.41, 5.74) is -0.513. The van der Waals surface area contributed by atoms with Gasteiger partial charge >= 0.3 is 18.4 Å². The highest BCUT2D eigenvalue weighted by Gasteiger charge is 2.36. The number of amides is 3. The van der Waals surface area contributed by atoms with E-state index in [9.17, 15) is 27.6 Å². The summed E-state index contributed by atoms with van der Waals surface area (Å²) >= 11 is 0. The van der Waals surface area contributed by atoms with E-state index in [-0.39, 0.29) is 11.4 Å². The fourth-order valence-corrected chi connectivity index (χ4v) is 2.35. The van der Waals surface area contributed by atoms with Gasteiger partial charge in [0.1, 0.15) is 11.6 Å². The van der Waals surface area contributed by atoms with Gasteiger partial charge in [0.2, 0.25) is 5.91 Å². The molecular weight excluding hydrogens is 383 g/mol. The minimum Gasteiger partial charge on any atom is -0.444 e. The van der Waals surface area contributed by atoms with Crippen LogP contribution in [0.25, 0.3) is 0 Å². The Morgan fingerprint density at radius 2 is 1.89 bits per heavy atom. The molecule has 2 N–H and O–H groups in total. The van der Waals surface area contributed by atoms with Gasteiger partial charge in [-0.25, -0.2) is 9.59 Å². The maximum Gasteiger partial charge on any atom is 0.422 e. The molecule has 1 unspecified atom stereocenters. The number of hydrogen-bond acceptors (Lipinski definition) is 5. The lowest BCUT2D eigenvalue weighted by Gasteiger charge is -2.26. The Morgan fingerprint density at radius 1 is 1.25 bits per heavy atom. The number of fused-ring (bicyclic) bond motifs is 1. The number of hydrogen-bond donors (Lipinski definition) is 2. The lowest BCUT2D eigenvalue weighted by molar-refractivity contribution is -0.159. The Labute approximate surface area is 159 Å². The first-order chi connectivity index (χ1) is 12.9. The van der Waals surface area contributed by atoms with Gasteiger partial charge in [-0.15, -0.1) is 0 Å². The number of nitrogens with zero attached hydrogens (tertiary/aromatic N) is 1. The predicted octanol–water partition coefficient (Wildman–Crippen LogP) is 3.04. The molecule has 1 aliphatic rings. The van der Waals surface area contributed by atoms with Crippen molar-refractivity contribution in [3.8, 4) is 0 Å². The highest BCUT2D eigenvalue weighted by molar-refractivity contribution is 6.05. The molecule has 1 heterocycles. The van der Waals surface area contributed by atoms with E-state index in [1.165, 1.54) is 18.2 Å². The van der Waals surface area contributed by atoms with Gasteiger partial charge in [0.05, 0.1) is 17.9 Å². The molecule has 0 fully saturated rings. The van der Waals surface area contributed by atoms with Crippen LogP contribution in [-0.4, -0.2) is 49.1 Å². The Kier molecular flexibility index (Phi) is 6.05. The third kappa shape index (κ3) is 6.03. The highest BCUT2D eigenvalue weighted by Crippen LogP contribution is 2.29. The number of benzene rings is 1. The minimum atomic E-state index is -4.71. The first kappa shape index (κ1) is 21.3. The molecule has 1 aromatic carbocycles. The summed E-state index contributed by atoms with van der Waals surface area (Å²) in [4.78, 5) is 37.5. The van der Waals surface area contributed by atoms with Crippen LogP contribution in [0.15, 0.2) is 24.3 Å². The van der Waals surface area contributed by atoms with Gasteiger partial charge < -0.3 is 20.1 Å². The summed E-state index contributed by atoms with van der Waals surface area (Å²) < 4.78 is 46.6. The van der Waals surface area contributed by atoms with Crippen LogP contribution >= 0.6 is 0 Å². The average molecular weight is 403 g/mol. The van der Waals surface area contributed by atoms with E-state index >= 15 is 0 Å². The standard InChI is InChI=1S/C17H20F3N3O5/c1-16(2,3)28-14(25)22-11-8-23(15(26)27-9-17(18,19)20)12-7-5-4-6-10(12)21-13(11)24/h4-7,11H,8-9H2,1-3H3,(H,21,24)(H,22,25). The molecular formula is C17H20F3N3O5. The molecule has 0 saturated heterocycles. The zero-order chi connectivity index (χ0) is 21.1. The topological polar surface area (TPSA) is 97.0 Å². The largest absolute Gasteiger partial charge is 0.444 e. The highest BCUT2D eigenvalue weighted by atomic mass is 19.4. The Balaban J connectivity index is 2.24. The van der Waals surface area contributed by atoms with E-state index in [0.29, 0.717) is 0 Å². The van der Waals surface area contributed by atoms with Crippen LogP contribution in [0.4, 0.5) is 34.1 Å². The van der Waals surface area contributed by atoms with Crippen molar-refractivity contribution in [3.63, 3.8) is 0 Å². The third-order valence-corrected chi connectivity index (χ3v) is 3.41. The lowest BCUT2D eigenvalue weighted by Crippen LogP contribution is -2.51. The fourth-order valence-electron chi connectivity index (χ4n) is 2.35. The Hall–Kier alpha value is -2.98. The van der Waals surface area contributed by atoms with Crippen molar-refractivity contribution < 1.29 is 37.0 Å². The van der Waals surface area contributed by atoms with Gasteiger partial charge in [-0.1, -0.05) is 12.1 Å². The molecule has 0 radical (unpaired) electrons. The quantitative estimate of drug-likeness (QED) is 0.791. The van der Waals surface area contributed by atoms with Gasteiger partial charge in [0, 0.05) is 0 Å². The van der Waals surface area contributed by atoms with E-state index in [4.69, 9.17) is 4.74 Å². The van der Waals surface area contributed by atoms with Crippen LogP contribution in [-0.2, 0) is 14.3 Å². The Morgan fingerprint density at radius 3 is 2.50 bits per heavy atom. The molecule has 28 heavy (non-hydrogen) atoms. The smallest absolute Gasteiger partial charge is 0.422 e. The van der Waals surface area contributed by atoms with E-state index < -0.39 is 49.1 Å². The van der Waals surface area contributed by atoms with Crippen LogP contribution in [0.2, 0.25) is 0 Å². The number of ether oxygens (including phenoxy) is 2. The zero-order valence-electron chi connectivity index (χ0n) is 15.4. The van der Waals surface area contributed by atoms with Crippen LogP contribution in [0.5, 0.6) is 0 Å². The predicted molar refractivity (Wildman–Crippen MR) is 93.0 cm³/mol. The molecule has 0 bridgehead atoms. The molecule has 154 valence electrons. The SMILES string of the molecule is CC(C)(C)OC(=O)NC1CN(C(=O)OCC(F)(F)F)c2ccccc2NC1=O. The van der Waals surface area contributed by atoms with Crippen molar-refractivity contribution in [2.45, 2.75) is 38.6 Å². The summed E-state index contributed by atoms with van der Waals surface area (Å²) in [6.07, 6.45) is -6.93. The van der Waals surface area contributed by atoms with Crippen LogP contribution < -0.4 is 15.5 Å². The average Bonchev–Trinajstić information content (AvgIpc) is 2.67. The molecule has 1 aliphatic heterocycles. The van der Waals surface area contributed by atoms with Gasteiger partial charge in [0.25, 0.3) is 0 Å². The molecule has 0 aromatic heterocycles. The number of anilines is 2. The van der Waals surface area contributed by atoms with E-state index in [1.54, 1.807) is 26.8 Å². The van der Waals surface area contributed by atoms with E-state index in [2.05, 4.69) is 15.4 Å². The number of rotatable bonds is 2. The van der Waals surface area contributed by atoms with Crippen molar-refractivity contribution >= 4 is 29.5 Å². The maximum atomic E-state index is 12.4.